The molecule has 1 aliphatic heterocycles. The van der Waals surface area contributed by atoms with Gasteiger partial charge in [-0.1, -0.05) is 24.3 Å². The zero-order valence-electron chi connectivity index (χ0n) is 17.6. The third-order valence-electron chi connectivity index (χ3n) is 5.64. The zero-order valence-corrected chi connectivity index (χ0v) is 18.4. The maximum Gasteiger partial charge on any atom is 0.199 e. The lowest BCUT2D eigenvalue weighted by atomic mass is 10.1. The summed E-state index contributed by atoms with van der Waals surface area (Å²) in [4.78, 5) is 4.62. The molecule has 5 nitrogen and oxygen atoms in total. The first-order valence-electron chi connectivity index (χ1n) is 10.4. The fourth-order valence-corrected chi connectivity index (χ4v) is 4.20. The molecule has 0 bridgehead atoms. The molecule has 0 N–H and O–H groups in total. The molecule has 1 aliphatic rings. The number of benzene rings is 2. The monoisotopic (exact) mass is 425 g/mol. The van der Waals surface area contributed by atoms with Crippen LogP contribution in [-0.2, 0) is 20.3 Å². The highest BCUT2D eigenvalue weighted by Gasteiger charge is 2.15. The summed E-state index contributed by atoms with van der Waals surface area (Å²) in [6, 6.07) is 15.5. The molecule has 0 radical (unpaired) electrons. The van der Waals surface area contributed by atoms with Gasteiger partial charge in [-0.25, -0.2) is 9.07 Å². The number of anilines is 1. The fourth-order valence-electron chi connectivity index (χ4n) is 4.01. The van der Waals surface area contributed by atoms with E-state index in [4.69, 9.17) is 12.2 Å². The van der Waals surface area contributed by atoms with E-state index in [0.717, 1.165) is 19.6 Å². The summed E-state index contributed by atoms with van der Waals surface area (Å²) in [7, 11) is 3.87. The lowest BCUT2D eigenvalue weighted by Crippen LogP contribution is -2.29. The molecule has 1 aromatic heterocycles. The van der Waals surface area contributed by atoms with Crippen LogP contribution in [0, 0.1) is 10.6 Å². The highest BCUT2D eigenvalue weighted by molar-refractivity contribution is 7.71. The lowest BCUT2D eigenvalue weighted by molar-refractivity contribution is 0.244. The molecular weight excluding hydrogens is 397 g/mol. The van der Waals surface area contributed by atoms with Crippen LogP contribution in [0.1, 0.15) is 24.8 Å². The Kier molecular flexibility index (Phi) is 6.29. The molecule has 2 heterocycles. The summed E-state index contributed by atoms with van der Waals surface area (Å²) in [5, 5.41) is 4.58. The molecular formula is C23H28FN5S. The number of aromatic nitrogens is 3. The quantitative estimate of drug-likeness (QED) is 0.529. The summed E-state index contributed by atoms with van der Waals surface area (Å²) in [6.45, 7) is 3.63. The van der Waals surface area contributed by atoms with Crippen molar-refractivity contribution in [1.82, 2.24) is 19.2 Å². The van der Waals surface area contributed by atoms with Crippen LogP contribution in [-0.4, -0.2) is 39.4 Å². The minimum atomic E-state index is -0.296. The van der Waals surface area contributed by atoms with E-state index >= 15 is 0 Å². The SMILES string of the molecule is CN(Cc1ccc(N2CCCCC2)cc1)Cn1nc(-c2ccccc2F)n(C)c1=S. The average Bonchev–Trinajstić information content (AvgIpc) is 3.03. The van der Waals surface area contributed by atoms with Gasteiger partial charge in [0.15, 0.2) is 10.6 Å². The van der Waals surface area contributed by atoms with Crippen molar-refractivity contribution in [2.75, 3.05) is 25.0 Å². The van der Waals surface area contributed by atoms with E-state index in [1.54, 1.807) is 27.4 Å². The first kappa shape index (κ1) is 20.8. The van der Waals surface area contributed by atoms with Gasteiger partial charge in [0.2, 0.25) is 0 Å². The predicted molar refractivity (Wildman–Crippen MR) is 121 cm³/mol. The van der Waals surface area contributed by atoms with Crippen LogP contribution in [0.4, 0.5) is 10.1 Å². The second-order valence-corrected chi connectivity index (χ2v) is 8.38. The number of rotatable bonds is 6. The Labute approximate surface area is 182 Å². The van der Waals surface area contributed by atoms with Gasteiger partial charge in [0.25, 0.3) is 0 Å². The van der Waals surface area contributed by atoms with Gasteiger partial charge in [-0.3, -0.25) is 4.90 Å². The summed E-state index contributed by atoms with van der Waals surface area (Å²) in [6.07, 6.45) is 3.90. The van der Waals surface area contributed by atoms with E-state index in [1.165, 1.54) is 36.6 Å². The van der Waals surface area contributed by atoms with Crippen molar-refractivity contribution < 1.29 is 4.39 Å². The van der Waals surface area contributed by atoms with E-state index in [-0.39, 0.29) is 5.82 Å². The molecule has 0 unspecified atom stereocenters. The number of piperidine rings is 1. The Bertz CT molecular complexity index is 1050. The standard InChI is InChI=1S/C23H28FN5S/c1-26(16-18-10-12-19(13-11-18)28-14-6-3-7-15-28)17-29-23(30)27(2)22(25-29)20-8-4-5-9-21(20)24/h4-5,8-13H,3,6-7,14-17H2,1-2H3. The molecule has 0 aliphatic carbocycles. The van der Waals surface area contributed by atoms with Gasteiger partial charge in [-0.05, 0) is 68.4 Å². The Morgan fingerprint density at radius 3 is 2.43 bits per heavy atom. The lowest BCUT2D eigenvalue weighted by Gasteiger charge is -2.29. The average molecular weight is 426 g/mol. The molecule has 30 heavy (non-hydrogen) atoms. The van der Waals surface area contributed by atoms with E-state index in [0.29, 0.717) is 22.8 Å². The minimum absolute atomic E-state index is 0.296. The predicted octanol–water partition coefficient (Wildman–Crippen LogP) is 4.84. The molecule has 7 heteroatoms. The summed E-state index contributed by atoms with van der Waals surface area (Å²) in [5.74, 6) is 0.243. The molecule has 158 valence electrons. The first-order valence-corrected chi connectivity index (χ1v) is 10.8. The minimum Gasteiger partial charge on any atom is -0.372 e. The van der Waals surface area contributed by atoms with Crippen LogP contribution < -0.4 is 4.90 Å². The number of halogens is 1. The summed E-state index contributed by atoms with van der Waals surface area (Å²) in [5.41, 5.74) is 3.01. The normalized spacial score (nSPS) is 14.5. The van der Waals surface area contributed by atoms with E-state index in [1.807, 2.05) is 14.1 Å². The highest BCUT2D eigenvalue weighted by Crippen LogP contribution is 2.22. The second kappa shape index (κ2) is 9.10. The molecule has 1 fully saturated rings. The van der Waals surface area contributed by atoms with Crippen molar-refractivity contribution in [3.63, 3.8) is 0 Å². The number of hydrogen-bond donors (Lipinski definition) is 0. The smallest absolute Gasteiger partial charge is 0.199 e. The maximum absolute atomic E-state index is 14.2. The van der Waals surface area contributed by atoms with Crippen molar-refractivity contribution in [2.24, 2.45) is 7.05 Å². The van der Waals surface area contributed by atoms with Crippen LogP contribution in [0.15, 0.2) is 48.5 Å². The Balaban J connectivity index is 1.44. The molecule has 2 aromatic carbocycles. The van der Waals surface area contributed by atoms with E-state index < -0.39 is 0 Å². The summed E-state index contributed by atoms with van der Waals surface area (Å²) < 4.78 is 18.3. The molecule has 0 amide bonds. The van der Waals surface area contributed by atoms with Gasteiger partial charge < -0.3 is 9.47 Å². The van der Waals surface area contributed by atoms with Crippen LogP contribution >= 0.6 is 12.2 Å². The van der Waals surface area contributed by atoms with Crippen molar-refractivity contribution >= 4 is 17.9 Å². The van der Waals surface area contributed by atoms with E-state index in [2.05, 4.69) is 39.2 Å². The van der Waals surface area contributed by atoms with Gasteiger partial charge in [-0.15, -0.1) is 0 Å². The molecule has 0 saturated carbocycles. The van der Waals surface area contributed by atoms with Crippen LogP contribution in [0.3, 0.4) is 0 Å². The zero-order chi connectivity index (χ0) is 21.1. The molecule has 3 aromatic rings. The van der Waals surface area contributed by atoms with Gasteiger partial charge in [0, 0.05) is 32.4 Å². The fraction of sp³-hybridized carbons (Fsp3) is 0.391. The van der Waals surface area contributed by atoms with Gasteiger partial charge in [0.05, 0.1) is 12.2 Å². The summed E-state index contributed by atoms with van der Waals surface area (Å²) >= 11 is 5.54. The topological polar surface area (TPSA) is 29.2 Å². The highest BCUT2D eigenvalue weighted by atomic mass is 32.1. The number of hydrogen-bond acceptors (Lipinski definition) is 4. The molecule has 1 saturated heterocycles. The van der Waals surface area contributed by atoms with Crippen molar-refractivity contribution in [3.8, 4) is 11.4 Å². The largest absolute Gasteiger partial charge is 0.372 e. The Hall–Kier alpha value is -2.51. The second-order valence-electron chi connectivity index (χ2n) is 8.01. The van der Waals surface area contributed by atoms with Gasteiger partial charge in [0.1, 0.15) is 5.82 Å². The van der Waals surface area contributed by atoms with Crippen LogP contribution in [0.2, 0.25) is 0 Å². The maximum atomic E-state index is 14.2. The van der Waals surface area contributed by atoms with Crippen molar-refractivity contribution in [3.05, 3.63) is 64.7 Å². The molecule has 4 rings (SSSR count). The number of nitrogens with zero attached hydrogens (tertiary/aromatic N) is 5. The van der Waals surface area contributed by atoms with Crippen molar-refractivity contribution in [1.29, 1.82) is 0 Å². The molecule has 0 spiro atoms. The third kappa shape index (κ3) is 4.47. The Morgan fingerprint density at radius 2 is 1.73 bits per heavy atom. The first-order chi connectivity index (χ1) is 14.5. The van der Waals surface area contributed by atoms with Gasteiger partial charge >= 0.3 is 0 Å². The molecule has 0 atom stereocenters. The third-order valence-corrected chi connectivity index (χ3v) is 6.13. The van der Waals surface area contributed by atoms with Crippen LogP contribution in [0.5, 0.6) is 0 Å². The Morgan fingerprint density at radius 1 is 1.03 bits per heavy atom. The van der Waals surface area contributed by atoms with Crippen LogP contribution in [0.25, 0.3) is 11.4 Å². The van der Waals surface area contributed by atoms with E-state index in [9.17, 15) is 4.39 Å². The van der Waals surface area contributed by atoms with Crippen molar-refractivity contribution in [2.45, 2.75) is 32.5 Å². The van der Waals surface area contributed by atoms with Gasteiger partial charge in [-0.2, -0.15) is 5.10 Å².